The number of aliphatic hydroxyl groups excluding tert-OH is 2. The Morgan fingerprint density at radius 1 is 0.692 bits per heavy atom. The van der Waals surface area contributed by atoms with Crippen LogP contribution >= 0.6 is 0 Å². The van der Waals surface area contributed by atoms with Crippen molar-refractivity contribution in [3.8, 4) is 11.5 Å². The minimum atomic E-state index is -2.96. The summed E-state index contributed by atoms with van der Waals surface area (Å²) in [6.07, 6.45) is 10.9. The molecule has 0 amide bonds. The normalized spacial score (nSPS) is 12.8. The predicted molar refractivity (Wildman–Crippen MR) is 168 cm³/mol. The molecule has 0 fully saturated rings. The van der Waals surface area contributed by atoms with Crippen LogP contribution in [0.1, 0.15) is 70.4 Å². The monoisotopic (exact) mass is 644 g/mol. The van der Waals surface area contributed by atoms with Crippen molar-refractivity contribution in [1.82, 2.24) is 0 Å². The number of hydrogen-bond acceptors (Lipinski definition) is 4. The fourth-order valence-corrected chi connectivity index (χ4v) is 23.0. The summed E-state index contributed by atoms with van der Waals surface area (Å²) in [6.45, 7) is 6.94. The van der Waals surface area contributed by atoms with Gasteiger partial charge in [-0.25, -0.2) is 0 Å². The van der Waals surface area contributed by atoms with Crippen molar-refractivity contribution < 1.29 is 19.7 Å². The van der Waals surface area contributed by atoms with Gasteiger partial charge in [-0.15, -0.1) is 0 Å². The molecular weight excluding hydrogens is 591 g/mol. The van der Waals surface area contributed by atoms with Gasteiger partial charge in [0.05, 0.1) is 0 Å². The summed E-state index contributed by atoms with van der Waals surface area (Å²) in [5, 5.41) is 21.3. The van der Waals surface area contributed by atoms with E-state index in [1.54, 1.807) is 14.2 Å². The van der Waals surface area contributed by atoms with Gasteiger partial charge < -0.3 is 0 Å². The molecule has 0 unspecified atom stereocenters. The van der Waals surface area contributed by atoms with E-state index in [1.165, 1.54) is 66.6 Å². The molecule has 39 heavy (non-hydrogen) atoms. The number of hydrogen-bond donors (Lipinski definition) is 2. The van der Waals surface area contributed by atoms with Crippen LogP contribution < -0.4 is 9.47 Å². The van der Waals surface area contributed by atoms with Gasteiger partial charge in [-0.05, 0) is 0 Å². The molecule has 0 saturated carbocycles. The second kappa shape index (κ2) is 18.6. The molecule has 4 nitrogen and oxygen atoms in total. The van der Waals surface area contributed by atoms with Crippen LogP contribution in [0.5, 0.6) is 11.5 Å². The molecular formula is C34H52O4Sn. The van der Waals surface area contributed by atoms with Crippen LogP contribution in [0.4, 0.5) is 0 Å². The Morgan fingerprint density at radius 3 is 1.49 bits per heavy atom. The zero-order chi connectivity index (χ0) is 28.5. The van der Waals surface area contributed by atoms with E-state index in [4.69, 9.17) is 9.47 Å². The minimum absolute atomic E-state index is 0.0115. The third kappa shape index (κ3) is 10.3. The number of aliphatic hydroxyl groups is 2. The third-order valence-corrected chi connectivity index (χ3v) is 23.9. The number of benzene rings is 2. The van der Waals surface area contributed by atoms with Crippen LogP contribution in [0.15, 0.2) is 69.3 Å². The van der Waals surface area contributed by atoms with E-state index in [0.717, 1.165) is 29.1 Å². The van der Waals surface area contributed by atoms with Gasteiger partial charge in [-0.3, -0.25) is 0 Å². The van der Waals surface area contributed by atoms with E-state index in [1.807, 2.05) is 24.3 Å². The van der Waals surface area contributed by atoms with Crippen LogP contribution in [-0.2, 0) is 12.8 Å². The number of allylic oxidation sites excluding steroid dienone is 2. The topological polar surface area (TPSA) is 58.9 Å². The fraction of sp³-hybridized carbons (Fsp3) is 0.529. The summed E-state index contributed by atoms with van der Waals surface area (Å²) in [6, 6.07) is 16.5. The molecule has 2 rings (SSSR count). The molecule has 0 spiro atoms. The van der Waals surface area contributed by atoms with Gasteiger partial charge in [0.25, 0.3) is 0 Å². The Hall–Kier alpha value is -1.76. The standard InChI is InChI=1S/C22H25O4.3C4H9.Sn/c1-25-21-9-5-17(6-10-21)14-19(4-3-13-23)20(16-24)15-18-7-11-22(26-2)12-8-18;3*1-3-4-2;/h3,5-12,23-24H,13-16H2,1-2H3;3*1,3-4H2,2H3;/b4-3?,20-19+;;;;. The van der Waals surface area contributed by atoms with Crippen molar-refractivity contribution in [1.29, 1.82) is 0 Å². The van der Waals surface area contributed by atoms with E-state index in [-0.39, 0.29) is 13.2 Å². The van der Waals surface area contributed by atoms with E-state index < -0.39 is 18.4 Å². The van der Waals surface area contributed by atoms with Crippen LogP contribution in [0.3, 0.4) is 0 Å². The van der Waals surface area contributed by atoms with E-state index in [2.05, 4.69) is 51.1 Å². The van der Waals surface area contributed by atoms with Crippen LogP contribution in [-0.4, -0.2) is 56.0 Å². The first-order valence-electron chi connectivity index (χ1n) is 14.9. The Labute approximate surface area is 242 Å². The van der Waals surface area contributed by atoms with Gasteiger partial charge >= 0.3 is 243 Å². The second-order valence-electron chi connectivity index (χ2n) is 10.7. The molecule has 5 heteroatoms. The molecule has 2 aromatic carbocycles. The summed E-state index contributed by atoms with van der Waals surface area (Å²) in [5.41, 5.74) is 4.71. The molecule has 0 aliphatic rings. The summed E-state index contributed by atoms with van der Waals surface area (Å²) < 4.78 is 16.2. The van der Waals surface area contributed by atoms with Crippen molar-refractivity contribution >= 4 is 18.4 Å². The first kappa shape index (κ1) is 33.4. The van der Waals surface area contributed by atoms with Crippen molar-refractivity contribution in [3.63, 3.8) is 0 Å². The van der Waals surface area contributed by atoms with Gasteiger partial charge in [-0.1, -0.05) is 0 Å². The van der Waals surface area contributed by atoms with Crippen molar-refractivity contribution in [3.05, 3.63) is 80.5 Å². The summed E-state index contributed by atoms with van der Waals surface area (Å²) >= 11 is -2.96. The average Bonchev–Trinajstić information content (AvgIpc) is 2.98. The summed E-state index contributed by atoms with van der Waals surface area (Å²) in [7, 11) is 3.38. The number of methoxy groups -OCH3 is 2. The van der Waals surface area contributed by atoms with Crippen LogP contribution in [0.25, 0.3) is 0 Å². The van der Waals surface area contributed by atoms with E-state index in [0.29, 0.717) is 6.42 Å². The fourth-order valence-electron chi connectivity index (χ4n) is 5.68. The molecule has 0 radical (unpaired) electrons. The van der Waals surface area contributed by atoms with Crippen molar-refractivity contribution in [2.75, 3.05) is 27.4 Å². The number of ether oxygens (including phenoxy) is 2. The Balaban J connectivity index is 2.74. The van der Waals surface area contributed by atoms with Crippen molar-refractivity contribution in [2.24, 2.45) is 0 Å². The number of rotatable bonds is 19. The molecule has 0 heterocycles. The quantitative estimate of drug-likeness (QED) is 0.120. The molecule has 2 N–H and O–H groups in total. The Morgan fingerprint density at radius 2 is 1.13 bits per heavy atom. The van der Waals surface area contributed by atoms with Gasteiger partial charge in [0.2, 0.25) is 0 Å². The summed E-state index contributed by atoms with van der Waals surface area (Å²) in [5.74, 6) is 1.68. The first-order chi connectivity index (χ1) is 19.0. The van der Waals surface area contributed by atoms with Gasteiger partial charge in [-0.2, -0.15) is 0 Å². The molecule has 0 aliphatic carbocycles. The van der Waals surface area contributed by atoms with Crippen LogP contribution in [0.2, 0.25) is 13.3 Å². The van der Waals surface area contributed by atoms with Gasteiger partial charge in [0.15, 0.2) is 0 Å². The van der Waals surface area contributed by atoms with E-state index >= 15 is 0 Å². The van der Waals surface area contributed by atoms with Gasteiger partial charge in [0.1, 0.15) is 0 Å². The predicted octanol–water partition coefficient (Wildman–Crippen LogP) is 8.08. The maximum atomic E-state index is 10.9. The molecule has 2 aromatic rings. The molecule has 216 valence electrons. The molecule has 0 atom stereocenters. The maximum absolute atomic E-state index is 10.9. The van der Waals surface area contributed by atoms with Gasteiger partial charge in [0, 0.05) is 0 Å². The number of unbranched alkanes of at least 4 members (excludes halogenated alkanes) is 3. The Kier molecular flexibility index (Phi) is 15.9. The SMILES string of the molecule is CCC[CH2][Sn]([CH2]CCC)([CH2]CCC)[C](=C/CO)/C(Cc1ccc(OC)cc1)=C(\CO)Cc1ccc(OC)cc1. The first-order valence-corrected chi connectivity index (χ1v) is 22.4. The van der Waals surface area contributed by atoms with E-state index in [9.17, 15) is 10.2 Å². The third-order valence-electron chi connectivity index (χ3n) is 7.95. The second-order valence-corrected chi connectivity index (χ2v) is 23.8. The van der Waals surface area contributed by atoms with Crippen molar-refractivity contribution in [2.45, 2.75) is 85.4 Å². The molecule has 0 aromatic heterocycles. The summed E-state index contributed by atoms with van der Waals surface area (Å²) in [4.78, 5) is 0. The molecule has 0 aliphatic heterocycles. The Bertz CT molecular complexity index is 987. The average molecular weight is 643 g/mol. The zero-order valence-corrected chi connectivity index (χ0v) is 28.0. The zero-order valence-electron chi connectivity index (χ0n) is 25.1. The molecule has 0 saturated heterocycles. The van der Waals surface area contributed by atoms with Crippen LogP contribution in [0, 0.1) is 0 Å². The molecule has 0 bridgehead atoms.